The smallest absolute Gasteiger partial charge is 0.295 e. The van der Waals surface area contributed by atoms with Gasteiger partial charge in [0.05, 0.1) is 17.7 Å². The van der Waals surface area contributed by atoms with Crippen molar-refractivity contribution in [2.45, 2.75) is 26.0 Å². The van der Waals surface area contributed by atoms with Gasteiger partial charge in [-0.05, 0) is 52.2 Å². The third-order valence-electron chi connectivity index (χ3n) is 5.10. The zero-order valence-electron chi connectivity index (χ0n) is 18.4. The Labute approximate surface area is 185 Å². The number of carbonyl (C=O) groups excluding carboxylic acids is 2. The van der Waals surface area contributed by atoms with Crippen LogP contribution in [0.15, 0.2) is 48.0 Å². The molecule has 1 fully saturated rings. The van der Waals surface area contributed by atoms with Crippen LogP contribution in [-0.2, 0) is 9.59 Å². The van der Waals surface area contributed by atoms with E-state index in [1.54, 1.807) is 34.0 Å². The summed E-state index contributed by atoms with van der Waals surface area (Å²) in [7, 11) is 3.61. The van der Waals surface area contributed by atoms with E-state index in [1.807, 2.05) is 4.90 Å². The van der Waals surface area contributed by atoms with E-state index in [2.05, 4.69) is 0 Å². The molecule has 1 amide bonds. The molecule has 1 aliphatic heterocycles. The zero-order valence-corrected chi connectivity index (χ0v) is 18.4. The van der Waals surface area contributed by atoms with E-state index in [0.717, 1.165) is 6.07 Å². The van der Waals surface area contributed by atoms with E-state index in [9.17, 15) is 23.5 Å². The minimum atomic E-state index is -1.13. The van der Waals surface area contributed by atoms with Crippen LogP contribution in [-0.4, -0.2) is 59.9 Å². The Hall–Kier alpha value is -3.26. The Kier molecular flexibility index (Phi) is 6.93. The van der Waals surface area contributed by atoms with Crippen molar-refractivity contribution in [1.29, 1.82) is 0 Å². The fraction of sp³-hybridized carbons (Fsp3) is 0.333. The van der Waals surface area contributed by atoms with Crippen LogP contribution in [0.4, 0.5) is 8.78 Å². The van der Waals surface area contributed by atoms with Crippen LogP contribution < -0.4 is 4.74 Å². The van der Waals surface area contributed by atoms with Crippen LogP contribution in [0.1, 0.15) is 31.0 Å². The Morgan fingerprint density at radius 1 is 1.12 bits per heavy atom. The monoisotopic (exact) mass is 444 g/mol. The van der Waals surface area contributed by atoms with Crippen LogP contribution >= 0.6 is 0 Å². The van der Waals surface area contributed by atoms with Crippen molar-refractivity contribution >= 4 is 17.4 Å². The normalized spacial score (nSPS) is 18.1. The highest BCUT2D eigenvalue weighted by Crippen LogP contribution is 2.40. The molecule has 8 heteroatoms. The minimum Gasteiger partial charge on any atom is -0.507 e. The first-order valence-electron chi connectivity index (χ1n) is 10.3. The first-order valence-corrected chi connectivity index (χ1v) is 10.3. The quantitative estimate of drug-likeness (QED) is 0.400. The maximum Gasteiger partial charge on any atom is 0.295 e. The van der Waals surface area contributed by atoms with Gasteiger partial charge in [0.25, 0.3) is 11.7 Å². The Morgan fingerprint density at radius 2 is 1.81 bits per heavy atom. The second kappa shape index (κ2) is 9.48. The number of carbonyl (C=O) groups is 2. The van der Waals surface area contributed by atoms with Crippen molar-refractivity contribution in [3.63, 3.8) is 0 Å². The number of aliphatic hydroxyl groups is 1. The molecule has 2 aromatic rings. The highest BCUT2D eigenvalue weighted by Gasteiger charge is 2.46. The molecule has 2 aromatic carbocycles. The summed E-state index contributed by atoms with van der Waals surface area (Å²) in [4.78, 5) is 28.8. The minimum absolute atomic E-state index is 0.00589. The number of likely N-dealkylation sites (N-methyl/N-ethyl adjacent to an activating group) is 1. The third kappa shape index (κ3) is 4.65. The van der Waals surface area contributed by atoms with Crippen molar-refractivity contribution < 1.29 is 28.2 Å². The predicted octanol–water partition coefficient (Wildman–Crippen LogP) is 3.74. The molecule has 0 bridgehead atoms. The molecule has 0 aromatic heterocycles. The maximum atomic E-state index is 14.7. The molecule has 170 valence electrons. The predicted molar refractivity (Wildman–Crippen MR) is 116 cm³/mol. The molecular weight excluding hydrogens is 418 g/mol. The van der Waals surface area contributed by atoms with Gasteiger partial charge in [-0.1, -0.05) is 18.2 Å². The Morgan fingerprint density at radius 3 is 2.41 bits per heavy atom. The number of aliphatic hydroxyl groups excluding tert-OH is 1. The molecule has 1 aliphatic rings. The lowest BCUT2D eigenvalue weighted by Crippen LogP contribution is -2.35. The number of amides is 1. The third-order valence-corrected chi connectivity index (χ3v) is 5.10. The number of halogens is 2. The van der Waals surface area contributed by atoms with E-state index < -0.39 is 35.1 Å². The van der Waals surface area contributed by atoms with Gasteiger partial charge in [0.15, 0.2) is 11.6 Å². The van der Waals surface area contributed by atoms with Crippen LogP contribution in [0.2, 0.25) is 0 Å². The number of rotatable bonds is 7. The Bertz CT molecular complexity index is 1070. The van der Waals surface area contributed by atoms with Crippen LogP contribution in [0.25, 0.3) is 5.76 Å². The Balaban J connectivity index is 2.13. The highest BCUT2D eigenvalue weighted by atomic mass is 19.1. The number of Topliss-reactive ketones (excluding diaryl/α,β-unsaturated/α-hetero) is 1. The summed E-state index contributed by atoms with van der Waals surface area (Å²) < 4.78 is 34.6. The fourth-order valence-electron chi connectivity index (χ4n) is 3.59. The summed E-state index contributed by atoms with van der Waals surface area (Å²) in [6, 6.07) is 8.38. The molecule has 6 nitrogen and oxygen atoms in total. The average Bonchev–Trinajstić information content (AvgIpc) is 2.97. The van der Waals surface area contributed by atoms with Crippen molar-refractivity contribution in [2.75, 3.05) is 27.2 Å². The van der Waals surface area contributed by atoms with Gasteiger partial charge in [-0.15, -0.1) is 0 Å². The van der Waals surface area contributed by atoms with Gasteiger partial charge >= 0.3 is 0 Å². The van der Waals surface area contributed by atoms with Crippen molar-refractivity contribution in [3.05, 3.63) is 70.8 Å². The number of benzene rings is 2. The summed E-state index contributed by atoms with van der Waals surface area (Å²) in [5.74, 6) is -3.72. The lowest BCUT2D eigenvalue weighted by Gasteiger charge is -2.26. The van der Waals surface area contributed by atoms with Crippen LogP contribution in [0.3, 0.4) is 0 Å². The molecule has 0 spiro atoms. The van der Waals surface area contributed by atoms with E-state index in [0.29, 0.717) is 6.54 Å². The summed E-state index contributed by atoms with van der Waals surface area (Å²) in [6.45, 7) is 4.06. The van der Waals surface area contributed by atoms with Gasteiger partial charge in [-0.3, -0.25) is 9.59 Å². The molecule has 1 heterocycles. The van der Waals surface area contributed by atoms with Gasteiger partial charge < -0.3 is 19.6 Å². The second-order valence-corrected chi connectivity index (χ2v) is 8.13. The zero-order chi connectivity index (χ0) is 23.6. The lowest BCUT2D eigenvalue weighted by atomic mass is 9.95. The SMILES string of the molecule is CC(C)Oc1ccc(/C(O)=C2\C(=O)C(=O)N(CCN(C)C)[C@H]2c2ccccc2F)cc1F. The number of ether oxygens (including phenoxy) is 1. The highest BCUT2D eigenvalue weighted by molar-refractivity contribution is 6.46. The molecule has 1 atom stereocenters. The topological polar surface area (TPSA) is 70.1 Å². The average molecular weight is 444 g/mol. The first kappa shape index (κ1) is 23.4. The molecule has 0 unspecified atom stereocenters. The molecule has 0 aliphatic carbocycles. The van der Waals surface area contributed by atoms with Gasteiger partial charge in [0.2, 0.25) is 0 Å². The molecule has 0 radical (unpaired) electrons. The van der Waals surface area contributed by atoms with E-state index in [4.69, 9.17) is 4.74 Å². The number of ketones is 1. The van der Waals surface area contributed by atoms with E-state index in [-0.39, 0.29) is 35.1 Å². The van der Waals surface area contributed by atoms with Crippen molar-refractivity contribution in [3.8, 4) is 5.75 Å². The van der Waals surface area contributed by atoms with E-state index >= 15 is 0 Å². The summed E-state index contributed by atoms with van der Waals surface area (Å²) in [5, 5.41) is 11.0. The summed E-state index contributed by atoms with van der Waals surface area (Å²) >= 11 is 0. The largest absolute Gasteiger partial charge is 0.507 e. The molecule has 1 saturated heterocycles. The number of likely N-dealkylation sites (tertiary alicyclic amines) is 1. The summed E-state index contributed by atoms with van der Waals surface area (Å²) in [5.41, 5.74) is -0.214. The fourth-order valence-corrected chi connectivity index (χ4v) is 3.59. The molecule has 0 saturated carbocycles. The van der Waals surface area contributed by atoms with E-state index in [1.165, 1.54) is 35.2 Å². The molecule has 3 rings (SSSR count). The molecular formula is C24H26F2N2O4. The van der Waals surface area contributed by atoms with Crippen molar-refractivity contribution in [1.82, 2.24) is 9.80 Å². The second-order valence-electron chi connectivity index (χ2n) is 8.13. The van der Waals surface area contributed by atoms with Crippen LogP contribution in [0, 0.1) is 11.6 Å². The standard InChI is InChI=1S/C24H26F2N2O4/c1-14(2)32-19-10-9-15(13-18(19)26)22(29)20-21(16-7-5-6-8-17(16)25)28(12-11-27(3)4)24(31)23(20)30/h5-10,13-14,21,29H,11-12H2,1-4H3/b22-20+/t21-/m0/s1. The van der Waals surface area contributed by atoms with Gasteiger partial charge in [0.1, 0.15) is 11.6 Å². The lowest BCUT2D eigenvalue weighted by molar-refractivity contribution is -0.140. The van der Waals surface area contributed by atoms with Gasteiger partial charge in [-0.25, -0.2) is 8.78 Å². The maximum absolute atomic E-state index is 14.7. The first-order chi connectivity index (χ1) is 15.1. The van der Waals surface area contributed by atoms with Gasteiger partial charge in [-0.2, -0.15) is 0 Å². The van der Waals surface area contributed by atoms with Crippen molar-refractivity contribution in [2.24, 2.45) is 0 Å². The van der Waals surface area contributed by atoms with Crippen LogP contribution in [0.5, 0.6) is 5.75 Å². The number of nitrogens with zero attached hydrogens (tertiary/aromatic N) is 2. The molecule has 32 heavy (non-hydrogen) atoms. The molecule has 1 N–H and O–H groups in total. The number of hydrogen-bond acceptors (Lipinski definition) is 5. The van der Waals surface area contributed by atoms with Gasteiger partial charge in [0, 0.05) is 24.2 Å². The number of hydrogen-bond donors (Lipinski definition) is 1. The summed E-state index contributed by atoms with van der Waals surface area (Å²) in [6.07, 6.45) is -0.257.